The molecule has 2 aliphatic rings. The normalized spacial score (nSPS) is 20.9. The molecule has 0 radical (unpaired) electrons. The summed E-state index contributed by atoms with van der Waals surface area (Å²) in [5, 5.41) is 11.8. The molecule has 0 spiro atoms. The molecule has 24 heavy (non-hydrogen) atoms. The summed E-state index contributed by atoms with van der Waals surface area (Å²) in [5.74, 6) is -1.32. The van der Waals surface area contributed by atoms with Crippen molar-refractivity contribution in [2.45, 2.75) is 13.0 Å². The maximum atomic E-state index is 12.8. The van der Waals surface area contributed by atoms with Crippen LogP contribution >= 0.6 is 0 Å². The number of hydrogen-bond acceptors (Lipinski definition) is 4. The molecule has 0 saturated carbocycles. The predicted molar refractivity (Wildman–Crippen MR) is 85.2 cm³/mol. The molecule has 0 aromatic heterocycles. The van der Waals surface area contributed by atoms with Crippen molar-refractivity contribution < 1.29 is 24.2 Å². The molecule has 2 N–H and O–H groups in total. The third-order valence-corrected chi connectivity index (χ3v) is 4.31. The molecule has 128 valence electrons. The molecule has 3 rings (SSSR count). The van der Waals surface area contributed by atoms with Crippen LogP contribution in [0.3, 0.4) is 0 Å². The summed E-state index contributed by atoms with van der Waals surface area (Å²) < 4.78 is 5.15. The second-order valence-electron chi connectivity index (χ2n) is 5.78. The van der Waals surface area contributed by atoms with Gasteiger partial charge in [-0.2, -0.15) is 0 Å². The lowest BCUT2D eigenvalue weighted by Crippen LogP contribution is -2.48. The molecule has 3 amide bonds. The summed E-state index contributed by atoms with van der Waals surface area (Å²) >= 11 is 0. The number of amides is 3. The van der Waals surface area contributed by atoms with Gasteiger partial charge in [0.15, 0.2) is 6.10 Å². The number of rotatable bonds is 3. The van der Waals surface area contributed by atoms with E-state index in [1.54, 1.807) is 30.0 Å². The molecule has 2 aliphatic heterocycles. The van der Waals surface area contributed by atoms with Crippen LogP contribution in [-0.4, -0.2) is 66.8 Å². The van der Waals surface area contributed by atoms with E-state index in [0.29, 0.717) is 36.4 Å². The van der Waals surface area contributed by atoms with E-state index in [-0.39, 0.29) is 25.1 Å². The van der Waals surface area contributed by atoms with E-state index < -0.39 is 12.1 Å². The summed E-state index contributed by atoms with van der Waals surface area (Å²) in [6.45, 7) is 3.47. The second-order valence-corrected chi connectivity index (χ2v) is 5.78. The molecule has 8 heteroatoms. The van der Waals surface area contributed by atoms with Crippen molar-refractivity contribution in [2.24, 2.45) is 0 Å². The Hall–Kier alpha value is -2.61. The van der Waals surface area contributed by atoms with Crippen LogP contribution in [0, 0.1) is 6.92 Å². The molecule has 1 aromatic rings. The summed E-state index contributed by atoms with van der Waals surface area (Å²) in [5.41, 5.74) is 1.87. The highest BCUT2D eigenvalue weighted by atomic mass is 16.5. The SMILES string of the molecule is Cc1c(C(=O)N2CCOC(C(=O)O)C2)cccc1N1CCNC1=O. The van der Waals surface area contributed by atoms with Gasteiger partial charge in [0.25, 0.3) is 5.91 Å². The lowest BCUT2D eigenvalue weighted by atomic mass is 10.0. The number of morpholine rings is 1. The topological polar surface area (TPSA) is 99.2 Å². The van der Waals surface area contributed by atoms with Crippen molar-refractivity contribution >= 4 is 23.6 Å². The Bertz CT molecular complexity index is 690. The van der Waals surface area contributed by atoms with Crippen LogP contribution < -0.4 is 10.2 Å². The minimum Gasteiger partial charge on any atom is -0.479 e. The van der Waals surface area contributed by atoms with Crippen molar-refractivity contribution in [1.82, 2.24) is 10.2 Å². The number of benzene rings is 1. The Morgan fingerprint density at radius 1 is 1.33 bits per heavy atom. The van der Waals surface area contributed by atoms with Crippen LogP contribution in [0.15, 0.2) is 18.2 Å². The minimum atomic E-state index is -1.08. The number of nitrogens with one attached hydrogen (secondary N) is 1. The molecule has 2 heterocycles. The maximum absolute atomic E-state index is 12.8. The van der Waals surface area contributed by atoms with Crippen LogP contribution in [0.25, 0.3) is 0 Å². The zero-order valence-corrected chi connectivity index (χ0v) is 13.3. The third kappa shape index (κ3) is 2.92. The molecule has 1 atom stereocenters. The van der Waals surface area contributed by atoms with Crippen molar-refractivity contribution in [2.75, 3.05) is 37.7 Å². The van der Waals surface area contributed by atoms with Crippen molar-refractivity contribution in [3.05, 3.63) is 29.3 Å². The van der Waals surface area contributed by atoms with Gasteiger partial charge in [-0.1, -0.05) is 6.07 Å². The number of carboxylic acids is 1. The Labute approximate surface area is 139 Å². The van der Waals surface area contributed by atoms with Crippen LogP contribution in [0.1, 0.15) is 15.9 Å². The molecule has 0 bridgehead atoms. The lowest BCUT2D eigenvalue weighted by Gasteiger charge is -2.31. The minimum absolute atomic E-state index is 0.0159. The number of ether oxygens (including phenoxy) is 1. The first kappa shape index (κ1) is 16.3. The standard InChI is InChI=1S/C16H19N3O5/c1-10-11(3-2-4-12(10)19-6-5-17-16(19)23)14(20)18-7-8-24-13(9-18)15(21)22/h2-4,13H,5-9H2,1H3,(H,17,23)(H,21,22). The molecular weight excluding hydrogens is 314 g/mol. The highest BCUT2D eigenvalue weighted by Gasteiger charge is 2.31. The number of hydrogen-bond donors (Lipinski definition) is 2. The van der Waals surface area contributed by atoms with E-state index in [0.717, 1.165) is 0 Å². The van der Waals surface area contributed by atoms with E-state index in [2.05, 4.69) is 5.32 Å². The average Bonchev–Trinajstić information content (AvgIpc) is 3.00. The highest BCUT2D eigenvalue weighted by molar-refractivity contribution is 6.00. The number of aliphatic carboxylic acids is 1. The van der Waals surface area contributed by atoms with Gasteiger partial charge in [0.05, 0.1) is 13.2 Å². The van der Waals surface area contributed by atoms with Crippen LogP contribution in [0.2, 0.25) is 0 Å². The molecule has 2 saturated heterocycles. The summed E-state index contributed by atoms with van der Waals surface area (Å²) in [7, 11) is 0. The maximum Gasteiger partial charge on any atom is 0.334 e. The zero-order chi connectivity index (χ0) is 17.3. The molecule has 1 unspecified atom stereocenters. The molecule has 8 nitrogen and oxygen atoms in total. The quantitative estimate of drug-likeness (QED) is 0.837. The Kier molecular flexibility index (Phi) is 4.39. The van der Waals surface area contributed by atoms with Gasteiger partial charge in [-0.05, 0) is 24.6 Å². The zero-order valence-electron chi connectivity index (χ0n) is 13.3. The lowest BCUT2D eigenvalue weighted by molar-refractivity contribution is -0.154. The summed E-state index contributed by atoms with van der Waals surface area (Å²) in [6, 6.07) is 5.05. The number of anilines is 1. The fourth-order valence-electron chi connectivity index (χ4n) is 3.00. The molecular formula is C16H19N3O5. The Morgan fingerprint density at radius 2 is 2.12 bits per heavy atom. The van der Waals surface area contributed by atoms with Crippen LogP contribution in [0.4, 0.5) is 10.5 Å². The smallest absolute Gasteiger partial charge is 0.334 e. The first-order chi connectivity index (χ1) is 11.5. The Balaban J connectivity index is 1.85. The number of carboxylic acid groups (broad SMARTS) is 1. The van der Waals surface area contributed by atoms with Gasteiger partial charge in [-0.3, -0.25) is 9.69 Å². The van der Waals surface area contributed by atoms with Gasteiger partial charge in [0, 0.05) is 30.9 Å². The van der Waals surface area contributed by atoms with Crippen molar-refractivity contribution in [3.8, 4) is 0 Å². The number of carbonyl (C=O) groups is 3. The third-order valence-electron chi connectivity index (χ3n) is 4.31. The predicted octanol–water partition coefficient (Wildman–Crippen LogP) is 0.450. The largest absolute Gasteiger partial charge is 0.479 e. The fraction of sp³-hybridized carbons (Fsp3) is 0.438. The number of urea groups is 1. The first-order valence-electron chi connectivity index (χ1n) is 7.77. The van der Waals surface area contributed by atoms with E-state index in [1.165, 1.54) is 4.90 Å². The van der Waals surface area contributed by atoms with Gasteiger partial charge in [0.1, 0.15) is 0 Å². The van der Waals surface area contributed by atoms with E-state index in [9.17, 15) is 14.4 Å². The van der Waals surface area contributed by atoms with Gasteiger partial charge < -0.3 is 20.1 Å². The van der Waals surface area contributed by atoms with E-state index in [4.69, 9.17) is 9.84 Å². The van der Waals surface area contributed by atoms with E-state index >= 15 is 0 Å². The summed E-state index contributed by atoms with van der Waals surface area (Å²) in [4.78, 5) is 38.8. The second kappa shape index (κ2) is 6.48. The van der Waals surface area contributed by atoms with Gasteiger partial charge in [-0.15, -0.1) is 0 Å². The molecule has 1 aromatic carbocycles. The number of carbonyl (C=O) groups excluding carboxylic acids is 2. The van der Waals surface area contributed by atoms with Crippen molar-refractivity contribution in [1.29, 1.82) is 0 Å². The monoisotopic (exact) mass is 333 g/mol. The number of nitrogens with zero attached hydrogens (tertiary/aromatic N) is 2. The van der Waals surface area contributed by atoms with Crippen molar-refractivity contribution in [3.63, 3.8) is 0 Å². The van der Waals surface area contributed by atoms with Gasteiger partial charge in [0.2, 0.25) is 0 Å². The fourth-order valence-corrected chi connectivity index (χ4v) is 3.00. The first-order valence-corrected chi connectivity index (χ1v) is 7.77. The average molecular weight is 333 g/mol. The van der Waals surface area contributed by atoms with Gasteiger partial charge >= 0.3 is 12.0 Å². The summed E-state index contributed by atoms with van der Waals surface area (Å²) in [6.07, 6.45) is -1.00. The highest BCUT2D eigenvalue weighted by Crippen LogP contribution is 2.26. The van der Waals surface area contributed by atoms with Crippen LogP contribution in [-0.2, 0) is 9.53 Å². The van der Waals surface area contributed by atoms with E-state index in [1.807, 2.05) is 0 Å². The van der Waals surface area contributed by atoms with Gasteiger partial charge in [-0.25, -0.2) is 9.59 Å². The molecule has 0 aliphatic carbocycles. The Morgan fingerprint density at radius 3 is 2.79 bits per heavy atom. The van der Waals surface area contributed by atoms with Crippen LogP contribution in [0.5, 0.6) is 0 Å². The molecule has 2 fully saturated rings.